The van der Waals surface area contributed by atoms with E-state index < -0.39 is 0 Å². The first-order valence-corrected chi connectivity index (χ1v) is 7.16. The summed E-state index contributed by atoms with van der Waals surface area (Å²) in [7, 11) is 0. The maximum Gasteiger partial charge on any atom is 0.124 e. The van der Waals surface area contributed by atoms with Gasteiger partial charge in [0, 0.05) is 16.3 Å². The number of benzene rings is 1. The van der Waals surface area contributed by atoms with Crippen molar-refractivity contribution in [3.63, 3.8) is 0 Å². The van der Waals surface area contributed by atoms with Crippen LogP contribution in [0, 0.1) is 5.82 Å². The number of hydrogen-bond acceptors (Lipinski definition) is 3. The van der Waals surface area contributed by atoms with Gasteiger partial charge >= 0.3 is 0 Å². The molecule has 0 radical (unpaired) electrons. The Balaban J connectivity index is 2.36. The number of hydrazone groups is 1. The Labute approximate surface area is 117 Å². The first-order valence-electron chi connectivity index (χ1n) is 5.25. The van der Waals surface area contributed by atoms with E-state index in [0.29, 0.717) is 12.0 Å². The Morgan fingerprint density at radius 1 is 1.47 bits per heavy atom. The highest BCUT2D eigenvalue weighted by Gasteiger charge is 2.19. The SMILES string of the molecule is CCN1CN(c2c(Br)cc(F)cc2CBr)C=N1. The normalized spacial score (nSPS) is 14.8. The number of anilines is 1. The van der Waals surface area contributed by atoms with Crippen molar-refractivity contribution in [3.8, 4) is 0 Å². The number of nitrogens with zero attached hydrogens (tertiary/aromatic N) is 3. The molecule has 92 valence electrons. The third kappa shape index (κ3) is 2.63. The van der Waals surface area contributed by atoms with Crippen molar-refractivity contribution in [2.45, 2.75) is 12.3 Å². The number of halogens is 3. The average molecular weight is 365 g/mol. The summed E-state index contributed by atoms with van der Waals surface area (Å²) < 4.78 is 14.1. The van der Waals surface area contributed by atoms with Gasteiger partial charge in [0.1, 0.15) is 18.8 Å². The minimum atomic E-state index is -0.237. The lowest BCUT2D eigenvalue weighted by Crippen LogP contribution is -2.27. The predicted octanol–water partition coefficient (Wildman–Crippen LogP) is 3.53. The molecule has 0 amide bonds. The zero-order chi connectivity index (χ0) is 12.4. The maximum atomic E-state index is 13.3. The summed E-state index contributed by atoms with van der Waals surface area (Å²) in [6, 6.07) is 3.02. The summed E-state index contributed by atoms with van der Waals surface area (Å²) in [5.74, 6) is -0.237. The molecule has 1 aliphatic heterocycles. The van der Waals surface area contributed by atoms with Gasteiger partial charge in [0.15, 0.2) is 0 Å². The Morgan fingerprint density at radius 3 is 2.82 bits per heavy atom. The Morgan fingerprint density at radius 2 is 2.24 bits per heavy atom. The molecular formula is C11H12Br2FN3. The highest BCUT2D eigenvalue weighted by molar-refractivity contribution is 9.10. The van der Waals surface area contributed by atoms with E-state index in [0.717, 1.165) is 22.3 Å². The van der Waals surface area contributed by atoms with E-state index in [2.05, 4.69) is 37.0 Å². The molecule has 1 aromatic carbocycles. The molecule has 1 aliphatic rings. The maximum absolute atomic E-state index is 13.3. The molecule has 17 heavy (non-hydrogen) atoms. The van der Waals surface area contributed by atoms with Gasteiger partial charge in [-0.05, 0) is 40.5 Å². The molecule has 0 saturated heterocycles. The third-order valence-corrected chi connectivity index (χ3v) is 3.78. The van der Waals surface area contributed by atoms with Crippen LogP contribution in [0.2, 0.25) is 0 Å². The summed E-state index contributed by atoms with van der Waals surface area (Å²) in [5.41, 5.74) is 1.87. The molecule has 0 N–H and O–H groups in total. The van der Waals surface area contributed by atoms with Crippen LogP contribution in [0.15, 0.2) is 21.7 Å². The Hall–Kier alpha value is -0.620. The minimum Gasteiger partial charge on any atom is -0.310 e. The van der Waals surface area contributed by atoms with Crippen LogP contribution in [-0.4, -0.2) is 24.6 Å². The van der Waals surface area contributed by atoms with Gasteiger partial charge in [0.2, 0.25) is 0 Å². The molecule has 2 rings (SSSR count). The second-order valence-corrected chi connectivity index (χ2v) is 5.11. The first-order chi connectivity index (χ1) is 8.15. The summed E-state index contributed by atoms with van der Waals surface area (Å²) in [6.45, 7) is 3.60. The van der Waals surface area contributed by atoms with Crippen LogP contribution >= 0.6 is 31.9 Å². The number of rotatable bonds is 3. The molecule has 0 spiro atoms. The van der Waals surface area contributed by atoms with Gasteiger partial charge in [0.05, 0.1) is 5.69 Å². The largest absolute Gasteiger partial charge is 0.310 e. The number of hydrogen-bond donors (Lipinski definition) is 0. The van der Waals surface area contributed by atoms with E-state index in [4.69, 9.17) is 0 Å². The molecule has 0 aromatic heterocycles. The van der Waals surface area contributed by atoms with Crippen molar-refractivity contribution < 1.29 is 4.39 Å². The molecule has 0 aliphatic carbocycles. The number of alkyl halides is 1. The van der Waals surface area contributed by atoms with Crippen LogP contribution in [0.25, 0.3) is 0 Å². The molecule has 0 bridgehead atoms. The average Bonchev–Trinajstić information content (AvgIpc) is 2.76. The van der Waals surface area contributed by atoms with Crippen molar-refractivity contribution in [1.29, 1.82) is 0 Å². The zero-order valence-electron chi connectivity index (χ0n) is 9.33. The molecular weight excluding hydrogens is 353 g/mol. The lowest BCUT2D eigenvalue weighted by molar-refractivity contribution is 0.337. The van der Waals surface area contributed by atoms with E-state index in [9.17, 15) is 4.39 Å². The molecule has 0 saturated carbocycles. The van der Waals surface area contributed by atoms with Gasteiger partial charge in [-0.3, -0.25) is 5.01 Å². The molecule has 1 aromatic rings. The van der Waals surface area contributed by atoms with Crippen molar-refractivity contribution in [3.05, 3.63) is 28.0 Å². The van der Waals surface area contributed by atoms with E-state index in [-0.39, 0.29) is 5.82 Å². The van der Waals surface area contributed by atoms with Crippen LogP contribution < -0.4 is 4.90 Å². The fourth-order valence-electron chi connectivity index (χ4n) is 1.74. The minimum absolute atomic E-state index is 0.237. The quantitative estimate of drug-likeness (QED) is 0.764. The molecule has 0 unspecified atom stereocenters. The van der Waals surface area contributed by atoms with Crippen LogP contribution in [0.3, 0.4) is 0 Å². The smallest absolute Gasteiger partial charge is 0.124 e. The highest BCUT2D eigenvalue weighted by Crippen LogP contribution is 2.33. The lowest BCUT2D eigenvalue weighted by atomic mass is 10.2. The van der Waals surface area contributed by atoms with Crippen molar-refractivity contribution in [2.75, 3.05) is 18.1 Å². The second-order valence-electron chi connectivity index (χ2n) is 3.69. The topological polar surface area (TPSA) is 18.8 Å². The van der Waals surface area contributed by atoms with Crippen LogP contribution in [0.5, 0.6) is 0 Å². The summed E-state index contributed by atoms with van der Waals surface area (Å²) >= 11 is 6.79. The van der Waals surface area contributed by atoms with Gasteiger partial charge in [-0.15, -0.1) is 0 Å². The predicted molar refractivity (Wildman–Crippen MR) is 74.9 cm³/mol. The van der Waals surface area contributed by atoms with Gasteiger partial charge < -0.3 is 4.90 Å². The third-order valence-electron chi connectivity index (χ3n) is 2.57. The monoisotopic (exact) mass is 363 g/mol. The van der Waals surface area contributed by atoms with Gasteiger partial charge in [0.25, 0.3) is 0 Å². The van der Waals surface area contributed by atoms with Gasteiger partial charge in [-0.1, -0.05) is 15.9 Å². The summed E-state index contributed by atoms with van der Waals surface area (Å²) in [4.78, 5) is 2.00. The molecule has 3 nitrogen and oxygen atoms in total. The van der Waals surface area contributed by atoms with Crippen molar-refractivity contribution in [2.24, 2.45) is 5.10 Å². The summed E-state index contributed by atoms with van der Waals surface area (Å²) in [5, 5.41) is 6.80. The van der Waals surface area contributed by atoms with Crippen molar-refractivity contribution >= 4 is 43.9 Å². The second kappa shape index (κ2) is 5.35. The lowest BCUT2D eigenvalue weighted by Gasteiger charge is -2.21. The molecule has 6 heteroatoms. The molecule has 0 atom stereocenters. The molecule has 1 heterocycles. The summed E-state index contributed by atoms with van der Waals surface area (Å²) in [6.07, 6.45) is 1.77. The van der Waals surface area contributed by atoms with E-state index >= 15 is 0 Å². The van der Waals surface area contributed by atoms with Crippen LogP contribution in [0.1, 0.15) is 12.5 Å². The van der Waals surface area contributed by atoms with Crippen LogP contribution in [-0.2, 0) is 5.33 Å². The van der Waals surface area contributed by atoms with Crippen molar-refractivity contribution in [1.82, 2.24) is 5.01 Å². The fourth-order valence-corrected chi connectivity index (χ4v) is 2.87. The van der Waals surface area contributed by atoms with E-state index in [1.165, 1.54) is 12.1 Å². The van der Waals surface area contributed by atoms with Gasteiger partial charge in [-0.25, -0.2) is 4.39 Å². The Bertz CT molecular complexity index is 451. The first kappa shape index (κ1) is 12.8. The van der Waals surface area contributed by atoms with Gasteiger partial charge in [-0.2, -0.15) is 5.10 Å². The molecule has 0 fully saturated rings. The fraction of sp³-hybridized carbons (Fsp3) is 0.364. The zero-order valence-corrected chi connectivity index (χ0v) is 12.5. The highest BCUT2D eigenvalue weighted by atomic mass is 79.9. The van der Waals surface area contributed by atoms with Crippen LogP contribution in [0.4, 0.5) is 10.1 Å². The van der Waals surface area contributed by atoms with E-state index in [1.807, 2.05) is 16.8 Å². The standard InChI is InChI=1S/C11H12Br2FN3/c1-2-17-7-16(6-15-17)11-8(5-12)3-9(14)4-10(11)13/h3-4,6H,2,5,7H2,1H3. The Kier molecular flexibility index (Phi) is 4.04. The van der Waals surface area contributed by atoms with E-state index in [1.54, 1.807) is 6.34 Å².